The molecule has 0 bridgehead atoms. The van der Waals surface area contributed by atoms with Crippen LogP contribution < -0.4 is 0 Å². The number of hydrogen-bond donors (Lipinski definition) is 0. The first-order valence-electron chi connectivity index (χ1n) is 3.55. The summed E-state index contributed by atoms with van der Waals surface area (Å²) in [5.41, 5.74) is -1.56. The van der Waals surface area contributed by atoms with Crippen LogP contribution in [0.5, 0.6) is 0 Å². The van der Waals surface area contributed by atoms with Gasteiger partial charge in [0.25, 0.3) is 6.43 Å². The predicted octanol–water partition coefficient (Wildman–Crippen LogP) is 2.36. The van der Waals surface area contributed by atoms with Crippen molar-refractivity contribution in [2.75, 3.05) is 0 Å². The molecular weight excluding hydrogens is 200 g/mol. The molecule has 1 aromatic heterocycles. The summed E-state index contributed by atoms with van der Waals surface area (Å²) in [4.78, 5) is 3.04. The van der Waals surface area contributed by atoms with Gasteiger partial charge in [-0.2, -0.15) is 5.26 Å². The van der Waals surface area contributed by atoms with Crippen molar-refractivity contribution in [1.82, 2.24) is 4.98 Å². The Balaban J connectivity index is 3.31. The van der Waals surface area contributed by atoms with E-state index in [9.17, 15) is 17.6 Å². The lowest BCUT2D eigenvalue weighted by atomic mass is 10.1. The molecule has 0 aromatic carbocycles. The first kappa shape index (κ1) is 10.4. The average Bonchev–Trinajstić information content (AvgIpc) is 2.13. The van der Waals surface area contributed by atoms with Crippen molar-refractivity contribution >= 4 is 0 Å². The maximum Gasteiger partial charge on any atom is 0.280 e. The summed E-state index contributed by atoms with van der Waals surface area (Å²) < 4.78 is 49.9. The van der Waals surface area contributed by atoms with Crippen LogP contribution in [0.3, 0.4) is 0 Å². The summed E-state index contributed by atoms with van der Waals surface area (Å²) in [5.74, 6) is -2.77. The third-order valence-electron chi connectivity index (χ3n) is 1.56. The normalized spacial score (nSPS) is 10.3. The summed E-state index contributed by atoms with van der Waals surface area (Å²) in [6.07, 6.45) is -3.28. The van der Waals surface area contributed by atoms with Crippen LogP contribution in [0.4, 0.5) is 17.6 Å². The number of halogens is 4. The fourth-order valence-electron chi connectivity index (χ4n) is 0.953. The molecule has 0 unspecified atom stereocenters. The summed E-state index contributed by atoms with van der Waals surface area (Å²) in [5, 5.41) is 8.23. The predicted molar refractivity (Wildman–Crippen MR) is 38.4 cm³/mol. The zero-order valence-electron chi connectivity index (χ0n) is 6.77. The smallest absolute Gasteiger partial charge is 0.252 e. The first-order valence-corrected chi connectivity index (χ1v) is 3.55. The minimum Gasteiger partial charge on any atom is -0.252 e. The van der Waals surface area contributed by atoms with Crippen LogP contribution in [-0.2, 0) is 6.42 Å². The molecule has 0 atom stereocenters. The van der Waals surface area contributed by atoms with E-state index in [-0.39, 0.29) is 0 Å². The van der Waals surface area contributed by atoms with Gasteiger partial charge in [0.15, 0.2) is 11.6 Å². The SMILES string of the molecule is N#CCc1c(C(F)F)ncc(F)c1F. The Hall–Kier alpha value is -1.64. The van der Waals surface area contributed by atoms with Crippen LogP contribution in [0.2, 0.25) is 0 Å². The van der Waals surface area contributed by atoms with Crippen molar-refractivity contribution in [3.63, 3.8) is 0 Å². The molecule has 6 heteroatoms. The van der Waals surface area contributed by atoms with E-state index in [1.165, 1.54) is 6.07 Å². The zero-order valence-corrected chi connectivity index (χ0v) is 6.77. The van der Waals surface area contributed by atoms with Gasteiger partial charge in [0.1, 0.15) is 5.69 Å². The van der Waals surface area contributed by atoms with Crippen molar-refractivity contribution in [2.24, 2.45) is 0 Å². The van der Waals surface area contributed by atoms with E-state index in [0.717, 1.165) is 0 Å². The second-order valence-electron chi connectivity index (χ2n) is 2.42. The highest BCUT2D eigenvalue weighted by Crippen LogP contribution is 2.24. The molecule has 0 N–H and O–H groups in total. The van der Waals surface area contributed by atoms with E-state index in [4.69, 9.17) is 5.26 Å². The maximum atomic E-state index is 12.9. The Bertz CT molecular complexity index is 384. The summed E-state index contributed by atoms with van der Waals surface area (Å²) in [6.45, 7) is 0. The zero-order chi connectivity index (χ0) is 10.7. The molecule has 1 heterocycles. The van der Waals surface area contributed by atoms with Gasteiger partial charge in [-0.25, -0.2) is 17.6 Å². The monoisotopic (exact) mass is 204 g/mol. The van der Waals surface area contributed by atoms with Crippen LogP contribution in [0.15, 0.2) is 6.20 Å². The standard InChI is InChI=1S/C8H4F4N2/c9-5-3-14-7(8(11)12)4(1-2-13)6(5)10/h3,8H,1H2. The number of aromatic nitrogens is 1. The van der Waals surface area contributed by atoms with Gasteiger partial charge in [0.05, 0.1) is 18.7 Å². The summed E-state index contributed by atoms with van der Waals surface area (Å²) >= 11 is 0. The van der Waals surface area contributed by atoms with Crippen molar-refractivity contribution < 1.29 is 17.6 Å². The topological polar surface area (TPSA) is 36.7 Å². The van der Waals surface area contributed by atoms with Crippen molar-refractivity contribution in [3.8, 4) is 6.07 Å². The molecule has 0 radical (unpaired) electrons. The van der Waals surface area contributed by atoms with Crippen LogP contribution in [-0.4, -0.2) is 4.98 Å². The van der Waals surface area contributed by atoms with Gasteiger partial charge in [0, 0.05) is 5.56 Å². The third kappa shape index (κ3) is 1.82. The van der Waals surface area contributed by atoms with Gasteiger partial charge >= 0.3 is 0 Å². The van der Waals surface area contributed by atoms with E-state index < -0.39 is 35.7 Å². The fraction of sp³-hybridized carbons (Fsp3) is 0.250. The number of nitriles is 1. The molecule has 0 amide bonds. The van der Waals surface area contributed by atoms with Gasteiger partial charge < -0.3 is 0 Å². The van der Waals surface area contributed by atoms with Crippen LogP contribution in [0.1, 0.15) is 17.7 Å². The highest BCUT2D eigenvalue weighted by Gasteiger charge is 2.20. The number of rotatable bonds is 2. The molecule has 0 aliphatic rings. The largest absolute Gasteiger partial charge is 0.280 e. The molecule has 0 spiro atoms. The van der Waals surface area contributed by atoms with E-state index >= 15 is 0 Å². The quantitative estimate of drug-likeness (QED) is 0.693. The highest BCUT2D eigenvalue weighted by atomic mass is 19.3. The van der Waals surface area contributed by atoms with Gasteiger partial charge in [-0.3, -0.25) is 4.98 Å². The molecule has 14 heavy (non-hydrogen) atoms. The number of hydrogen-bond acceptors (Lipinski definition) is 2. The fourth-order valence-corrected chi connectivity index (χ4v) is 0.953. The minimum atomic E-state index is -3.02. The second-order valence-corrected chi connectivity index (χ2v) is 2.42. The second kappa shape index (κ2) is 4.05. The van der Waals surface area contributed by atoms with E-state index in [0.29, 0.717) is 6.20 Å². The van der Waals surface area contributed by atoms with Crippen molar-refractivity contribution in [1.29, 1.82) is 5.26 Å². The van der Waals surface area contributed by atoms with Gasteiger partial charge in [0.2, 0.25) is 0 Å². The molecule has 2 nitrogen and oxygen atoms in total. The molecule has 0 saturated carbocycles. The third-order valence-corrected chi connectivity index (χ3v) is 1.56. The lowest BCUT2D eigenvalue weighted by Gasteiger charge is -2.05. The molecule has 74 valence electrons. The minimum absolute atomic E-state index is 0.373. The number of pyridine rings is 1. The molecule has 0 aliphatic carbocycles. The summed E-state index contributed by atoms with van der Waals surface area (Å²) in [7, 11) is 0. The Morgan fingerprint density at radius 3 is 2.57 bits per heavy atom. The molecule has 0 fully saturated rings. The Morgan fingerprint density at radius 1 is 1.43 bits per heavy atom. The Morgan fingerprint density at radius 2 is 2.07 bits per heavy atom. The van der Waals surface area contributed by atoms with E-state index in [1.54, 1.807) is 0 Å². The number of alkyl halides is 2. The molecule has 0 saturated heterocycles. The highest BCUT2D eigenvalue weighted by molar-refractivity contribution is 5.26. The lowest BCUT2D eigenvalue weighted by Crippen LogP contribution is -2.04. The average molecular weight is 204 g/mol. The number of nitrogens with zero attached hydrogens (tertiary/aromatic N) is 2. The van der Waals surface area contributed by atoms with Crippen molar-refractivity contribution in [2.45, 2.75) is 12.8 Å². The molecule has 0 aliphatic heterocycles. The molecular formula is C8H4F4N2. The van der Waals surface area contributed by atoms with Crippen LogP contribution in [0.25, 0.3) is 0 Å². The first-order chi connectivity index (χ1) is 6.57. The molecule has 1 aromatic rings. The van der Waals surface area contributed by atoms with E-state index in [2.05, 4.69) is 4.98 Å². The summed E-state index contributed by atoms with van der Waals surface area (Å²) in [6, 6.07) is 1.47. The van der Waals surface area contributed by atoms with Gasteiger partial charge in [-0.15, -0.1) is 0 Å². The lowest BCUT2D eigenvalue weighted by molar-refractivity contribution is 0.144. The maximum absolute atomic E-state index is 12.9. The van der Waals surface area contributed by atoms with Gasteiger partial charge in [-0.05, 0) is 0 Å². The van der Waals surface area contributed by atoms with Gasteiger partial charge in [-0.1, -0.05) is 0 Å². The molecule has 1 rings (SSSR count). The van der Waals surface area contributed by atoms with E-state index in [1.807, 2.05) is 0 Å². The van der Waals surface area contributed by atoms with Crippen LogP contribution >= 0.6 is 0 Å². The Kier molecular flexibility index (Phi) is 3.02. The van der Waals surface area contributed by atoms with Crippen LogP contribution in [0, 0.1) is 23.0 Å². The Labute approximate surface area is 76.8 Å². The van der Waals surface area contributed by atoms with Crippen molar-refractivity contribution in [3.05, 3.63) is 29.1 Å².